The first-order valence-electron chi connectivity index (χ1n) is 14.8. The first-order valence-corrected chi connectivity index (χ1v) is 14.8. The quantitative estimate of drug-likeness (QED) is 0.210. The maximum Gasteiger partial charge on any atom is 0.145 e. The zero-order chi connectivity index (χ0) is 30.4. The van der Waals surface area contributed by atoms with Gasteiger partial charge in [-0.05, 0) is 95.5 Å². The van der Waals surface area contributed by atoms with Gasteiger partial charge in [-0.15, -0.1) is 0 Å². The van der Waals surface area contributed by atoms with Crippen LogP contribution in [0.5, 0.6) is 17.2 Å². The molecule has 0 atom stereocenters. The van der Waals surface area contributed by atoms with E-state index in [0.29, 0.717) is 17.1 Å². The van der Waals surface area contributed by atoms with E-state index in [9.17, 15) is 5.26 Å². The Bertz CT molecular complexity index is 1780. The number of nitriles is 1. The summed E-state index contributed by atoms with van der Waals surface area (Å²) in [4.78, 5) is 0. The van der Waals surface area contributed by atoms with Crippen molar-refractivity contribution in [3.63, 3.8) is 0 Å². The van der Waals surface area contributed by atoms with Gasteiger partial charge in [0, 0.05) is 0 Å². The van der Waals surface area contributed by atoms with Crippen molar-refractivity contribution < 1.29 is 9.47 Å². The fourth-order valence-corrected chi connectivity index (χ4v) is 6.41. The van der Waals surface area contributed by atoms with Crippen molar-refractivity contribution in [1.29, 1.82) is 5.26 Å². The first kappa shape index (κ1) is 28.3. The number of hydrogen-bond acceptors (Lipinski definition) is 3. The summed E-state index contributed by atoms with van der Waals surface area (Å²) in [6.45, 7) is 12.5. The van der Waals surface area contributed by atoms with Gasteiger partial charge in [-0.25, -0.2) is 0 Å². The normalized spacial score (nSPS) is 13.5. The summed E-state index contributed by atoms with van der Waals surface area (Å²) in [6, 6.07) is 42.5. The van der Waals surface area contributed by atoms with Gasteiger partial charge in [0.2, 0.25) is 0 Å². The van der Waals surface area contributed by atoms with Gasteiger partial charge in [-0.2, -0.15) is 5.26 Å². The van der Waals surface area contributed by atoms with Gasteiger partial charge >= 0.3 is 0 Å². The molecule has 0 N–H and O–H groups in total. The first-order chi connectivity index (χ1) is 20.5. The molecular weight excluding hydrogens is 526 g/mol. The molecule has 3 heteroatoms. The molecule has 1 aliphatic carbocycles. The highest BCUT2D eigenvalue weighted by atomic mass is 16.5. The largest absolute Gasteiger partial charge is 0.488 e. The lowest BCUT2D eigenvalue weighted by atomic mass is 9.68. The molecule has 5 aromatic rings. The highest BCUT2D eigenvalue weighted by molar-refractivity contribution is 5.86. The maximum absolute atomic E-state index is 10.0. The minimum atomic E-state index is -0.518. The molecule has 0 saturated carbocycles. The summed E-state index contributed by atoms with van der Waals surface area (Å²) < 4.78 is 12.5. The van der Waals surface area contributed by atoms with Crippen molar-refractivity contribution in [2.75, 3.05) is 0 Å². The van der Waals surface area contributed by atoms with E-state index in [1.807, 2.05) is 30.3 Å². The third-order valence-corrected chi connectivity index (χ3v) is 8.12. The Labute approximate surface area is 255 Å². The lowest BCUT2D eigenvalue weighted by Gasteiger charge is -2.34. The van der Waals surface area contributed by atoms with Gasteiger partial charge in [-0.3, -0.25) is 0 Å². The summed E-state index contributed by atoms with van der Waals surface area (Å²) >= 11 is 0. The van der Waals surface area contributed by atoms with Crippen LogP contribution in [0, 0.1) is 11.3 Å². The fraction of sp³-hybridized carbons (Fsp3) is 0.225. The second-order valence-corrected chi connectivity index (χ2v) is 13.2. The molecule has 0 unspecified atom stereocenters. The third-order valence-electron chi connectivity index (χ3n) is 8.12. The molecule has 214 valence electrons. The summed E-state index contributed by atoms with van der Waals surface area (Å²) in [5.41, 5.74) is 7.88. The topological polar surface area (TPSA) is 42.2 Å². The second kappa shape index (κ2) is 10.5. The molecule has 0 bridgehead atoms. The predicted molar refractivity (Wildman–Crippen MR) is 174 cm³/mol. The molecule has 0 radical (unpaired) electrons. The average molecular weight is 564 g/mol. The Balaban J connectivity index is 1.48. The van der Waals surface area contributed by atoms with E-state index in [-0.39, 0.29) is 11.0 Å². The number of nitrogens with zero attached hydrogens (tertiary/aromatic N) is 1. The third kappa shape index (κ3) is 4.98. The smallest absolute Gasteiger partial charge is 0.145 e. The lowest BCUT2D eigenvalue weighted by Crippen LogP contribution is -2.28. The zero-order valence-corrected chi connectivity index (χ0v) is 25.7. The van der Waals surface area contributed by atoms with Crippen LogP contribution >= 0.6 is 0 Å². The fourth-order valence-electron chi connectivity index (χ4n) is 6.41. The van der Waals surface area contributed by atoms with Gasteiger partial charge < -0.3 is 9.47 Å². The number of rotatable bonds is 5. The zero-order valence-electron chi connectivity index (χ0n) is 25.7. The van der Waals surface area contributed by atoms with Crippen LogP contribution in [0.2, 0.25) is 0 Å². The molecule has 0 amide bonds. The van der Waals surface area contributed by atoms with E-state index < -0.39 is 5.41 Å². The van der Waals surface area contributed by atoms with Crippen LogP contribution < -0.4 is 9.47 Å². The van der Waals surface area contributed by atoms with E-state index in [0.717, 1.165) is 16.9 Å². The summed E-state index contributed by atoms with van der Waals surface area (Å²) in [7, 11) is 0. The van der Waals surface area contributed by atoms with Crippen LogP contribution in [0.15, 0.2) is 115 Å². The highest BCUT2D eigenvalue weighted by Crippen LogP contribution is 2.56. The van der Waals surface area contributed by atoms with Crippen LogP contribution in [-0.2, 0) is 10.8 Å². The summed E-state index contributed by atoms with van der Waals surface area (Å²) in [5, 5.41) is 10.0. The van der Waals surface area contributed by atoms with Crippen LogP contribution in [0.1, 0.15) is 74.9 Å². The van der Waals surface area contributed by atoms with Gasteiger partial charge in [0.05, 0.1) is 11.0 Å². The van der Waals surface area contributed by atoms with E-state index in [2.05, 4.69) is 133 Å². The number of fused-ring (bicyclic) bond motifs is 3. The van der Waals surface area contributed by atoms with E-state index in [4.69, 9.17) is 9.47 Å². The summed E-state index contributed by atoms with van der Waals surface area (Å²) in [6.07, 6.45) is 0. The molecule has 3 nitrogen and oxygen atoms in total. The molecule has 1 aliphatic rings. The van der Waals surface area contributed by atoms with Crippen molar-refractivity contribution in [3.05, 3.63) is 149 Å². The molecule has 0 aliphatic heterocycles. The number of benzene rings is 5. The Hall–Kier alpha value is -4.81. The molecule has 0 fully saturated rings. The number of ether oxygens (including phenoxy) is 2. The Morgan fingerprint density at radius 2 is 1.09 bits per heavy atom. The Kier molecular flexibility index (Phi) is 6.90. The SMILES string of the molecule is CC(C)(C)Oc1ccc(C2(c3ccc(Oc4cccc(C(C)(C)C)c4C#N)cc3)c3ccccc3-c3ccccc32)cc1. The molecular formula is C40H37NO2. The summed E-state index contributed by atoms with van der Waals surface area (Å²) in [5.74, 6) is 2.11. The second-order valence-electron chi connectivity index (χ2n) is 13.2. The van der Waals surface area contributed by atoms with E-state index in [1.165, 1.54) is 27.8 Å². The van der Waals surface area contributed by atoms with Gasteiger partial charge in [-0.1, -0.05) is 106 Å². The highest BCUT2D eigenvalue weighted by Gasteiger charge is 2.45. The lowest BCUT2D eigenvalue weighted by molar-refractivity contribution is 0.131. The molecule has 43 heavy (non-hydrogen) atoms. The minimum Gasteiger partial charge on any atom is -0.488 e. The van der Waals surface area contributed by atoms with Crippen LogP contribution in [0.25, 0.3) is 11.1 Å². The van der Waals surface area contributed by atoms with Crippen molar-refractivity contribution >= 4 is 0 Å². The van der Waals surface area contributed by atoms with Crippen LogP contribution in [0.4, 0.5) is 0 Å². The maximum atomic E-state index is 10.0. The van der Waals surface area contributed by atoms with Gasteiger partial charge in [0.25, 0.3) is 0 Å². The van der Waals surface area contributed by atoms with Crippen LogP contribution in [0.3, 0.4) is 0 Å². The minimum absolute atomic E-state index is 0.169. The monoisotopic (exact) mass is 563 g/mol. The standard InChI is InChI=1S/C40H37NO2/c1-38(2,3)34-16-11-17-37(33(34)26-41)42-29-22-18-27(19-23-29)40(28-20-24-30(25-21-28)43-39(4,5)6)35-14-9-7-12-31(35)32-13-8-10-15-36(32)40/h7-25H,1-6H3. The Morgan fingerprint density at radius 1 is 0.581 bits per heavy atom. The van der Waals surface area contributed by atoms with Crippen molar-refractivity contribution in [2.24, 2.45) is 0 Å². The van der Waals surface area contributed by atoms with E-state index >= 15 is 0 Å². The van der Waals surface area contributed by atoms with E-state index in [1.54, 1.807) is 0 Å². The molecule has 0 saturated heterocycles. The molecule has 5 aromatic carbocycles. The average Bonchev–Trinajstić information content (AvgIpc) is 3.28. The molecule has 0 spiro atoms. The molecule has 0 heterocycles. The predicted octanol–water partition coefficient (Wildman–Crippen LogP) is 10.2. The van der Waals surface area contributed by atoms with Crippen LogP contribution in [-0.4, -0.2) is 5.60 Å². The Morgan fingerprint density at radius 3 is 1.58 bits per heavy atom. The number of hydrogen-bond donors (Lipinski definition) is 0. The van der Waals surface area contributed by atoms with Crippen molar-refractivity contribution in [1.82, 2.24) is 0 Å². The molecule has 6 rings (SSSR count). The molecule has 0 aromatic heterocycles. The van der Waals surface area contributed by atoms with Gasteiger partial charge in [0.15, 0.2) is 0 Å². The van der Waals surface area contributed by atoms with Crippen molar-refractivity contribution in [2.45, 2.75) is 58.0 Å². The van der Waals surface area contributed by atoms with Crippen molar-refractivity contribution in [3.8, 4) is 34.4 Å². The van der Waals surface area contributed by atoms with Gasteiger partial charge in [0.1, 0.15) is 28.9 Å².